The molecule has 0 saturated heterocycles. The first-order valence-corrected chi connectivity index (χ1v) is 11.5. The molecule has 2 aromatic heterocycles. The van der Waals surface area contributed by atoms with Crippen molar-refractivity contribution in [2.24, 2.45) is 0 Å². The summed E-state index contributed by atoms with van der Waals surface area (Å²) in [6.07, 6.45) is 1.40. The van der Waals surface area contributed by atoms with E-state index in [2.05, 4.69) is 44.1 Å². The lowest BCUT2D eigenvalue weighted by Gasteiger charge is -2.15. The summed E-state index contributed by atoms with van der Waals surface area (Å²) in [5.41, 5.74) is 0.453. The minimum absolute atomic E-state index is 0.139. The number of rotatable bonds is 9. The molecule has 0 spiro atoms. The third-order valence-corrected chi connectivity index (χ3v) is 6.24. The van der Waals surface area contributed by atoms with E-state index in [4.69, 9.17) is 10.00 Å². The second-order valence-electron chi connectivity index (χ2n) is 6.07. The fourth-order valence-corrected chi connectivity index (χ4v) is 4.34. The van der Waals surface area contributed by atoms with Crippen LogP contribution in [0.15, 0.2) is 58.0 Å². The number of aromatic nitrogens is 3. The van der Waals surface area contributed by atoms with E-state index in [-0.39, 0.29) is 17.8 Å². The fraction of sp³-hybridized carbons (Fsp3) is 0.200. The Bertz CT molecular complexity index is 1070. The Morgan fingerprint density at radius 2 is 2.20 bits per heavy atom. The summed E-state index contributed by atoms with van der Waals surface area (Å²) in [4.78, 5) is 12.3. The van der Waals surface area contributed by atoms with Crippen molar-refractivity contribution in [3.8, 4) is 11.8 Å². The van der Waals surface area contributed by atoms with Crippen molar-refractivity contribution < 1.29 is 9.53 Å². The van der Waals surface area contributed by atoms with Crippen LogP contribution in [0.5, 0.6) is 5.75 Å². The van der Waals surface area contributed by atoms with Gasteiger partial charge in [0.25, 0.3) is 0 Å². The quantitative estimate of drug-likeness (QED) is 0.325. The molecular weight excluding hydrogens is 486 g/mol. The van der Waals surface area contributed by atoms with Gasteiger partial charge in [-0.3, -0.25) is 9.36 Å². The number of thioether (sulfide) groups is 1. The van der Waals surface area contributed by atoms with Gasteiger partial charge in [0.15, 0.2) is 17.1 Å². The summed E-state index contributed by atoms with van der Waals surface area (Å²) in [5, 5.41) is 23.2. The maximum Gasteiger partial charge on any atom is 0.235 e. The second-order valence-corrected chi connectivity index (χ2v) is 8.84. The molecule has 0 saturated carbocycles. The molecule has 1 N–H and O–H groups in total. The van der Waals surface area contributed by atoms with Gasteiger partial charge in [0.1, 0.15) is 16.8 Å². The van der Waals surface area contributed by atoms with Gasteiger partial charge in [-0.2, -0.15) is 5.26 Å². The van der Waals surface area contributed by atoms with Crippen LogP contribution in [-0.4, -0.2) is 26.4 Å². The van der Waals surface area contributed by atoms with E-state index in [0.29, 0.717) is 28.1 Å². The van der Waals surface area contributed by atoms with Crippen LogP contribution in [0.2, 0.25) is 0 Å². The number of carbonyl (C=O) groups excluding carboxylic acids is 1. The lowest BCUT2D eigenvalue weighted by molar-refractivity contribution is -0.113. The molecule has 0 aliphatic carbocycles. The maximum atomic E-state index is 12.3. The van der Waals surface area contributed by atoms with Crippen molar-refractivity contribution in [2.75, 3.05) is 11.1 Å². The van der Waals surface area contributed by atoms with Crippen molar-refractivity contribution in [1.82, 2.24) is 14.8 Å². The van der Waals surface area contributed by atoms with E-state index in [1.165, 1.54) is 23.1 Å². The largest absolute Gasteiger partial charge is 0.483 e. The Hall–Kier alpha value is -2.61. The van der Waals surface area contributed by atoms with Crippen LogP contribution < -0.4 is 10.1 Å². The molecule has 1 amide bonds. The number of anilines is 1. The van der Waals surface area contributed by atoms with Crippen molar-refractivity contribution in [1.29, 1.82) is 5.26 Å². The summed E-state index contributed by atoms with van der Waals surface area (Å²) in [6.45, 7) is 6.18. The number of carbonyl (C=O) groups is 1. The highest BCUT2D eigenvalue weighted by Gasteiger charge is 2.20. The molecule has 0 bridgehead atoms. The van der Waals surface area contributed by atoms with Crippen molar-refractivity contribution in [2.45, 2.75) is 24.7 Å². The predicted molar refractivity (Wildman–Crippen MR) is 122 cm³/mol. The number of amides is 1. The van der Waals surface area contributed by atoms with Gasteiger partial charge in [0.05, 0.1) is 11.3 Å². The lowest BCUT2D eigenvalue weighted by atomic mass is 10.3. The molecule has 154 valence electrons. The van der Waals surface area contributed by atoms with Crippen molar-refractivity contribution in [3.63, 3.8) is 0 Å². The summed E-state index contributed by atoms with van der Waals surface area (Å²) in [6, 6.07) is 11.3. The first-order chi connectivity index (χ1) is 14.5. The average Bonchev–Trinajstić information content (AvgIpc) is 3.35. The highest BCUT2D eigenvalue weighted by Crippen LogP contribution is 2.26. The molecule has 0 aliphatic heterocycles. The Kier molecular flexibility index (Phi) is 7.68. The van der Waals surface area contributed by atoms with Crippen molar-refractivity contribution >= 4 is 49.9 Å². The third kappa shape index (κ3) is 5.50. The fourth-order valence-electron chi connectivity index (χ4n) is 2.57. The second kappa shape index (κ2) is 10.4. The van der Waals surface area contributed by atoms with Gasteiger partial charge in [0.2, 0.25) is 5.91 Å². The van der Waals surface area contributed by atoms with E-state index in [0.717, 1.165) is 10.2 Å². The average molecular weight is 504 g/mol. The van der Waals surface area contributed by atoms with Crippen LogP contribution in [0.3, 0.4) is 0 Å². The number of nitriles is 1. The smallest absolute Gasteiger partial charge is 0.235 e. The molecule has 2 heterocycles. The van der Waals surface area contributed by atoms with E-state index in [9.17, 15) is 4.79 Å². The molecule has 30 heavy (non-hydrogen) atoms. The molecule has 1 unspecified atom stereocenters. The minimum Gasteiger partial charge on any atom is -0.483 e. The molecule has 1 aromatic carbocycles. The van der Waals surface area contributed by atoms with Gasteiger partial charge >= 0.3 is 0 Å². The van der Waals surface area contributed by atoms with Gasteiger partial charge in [-0.25, -0.2) is 0 Å². The summed E-state index contributed by atoms with van der Waals surface area (Å²) in [5.74, 6) is 1.29. The Balaban J connectivity index is 1.67. The minimum atomic E-state index is -0.342. The molecular formula is C20H18BrN5O2S2. The summed E-state index contributed by atoms with van der Waals surface area (Å²) in [7, 11) is 0. The van der Waals surface area contributed by atoms with E-state index in [1.807, 2.05) is 35.8 Å². The zero-order valence-electron chi connectivity index (χ0n) is 16.0. The SMILES string of the molecule is C=CCn1c(SCC(=O)Nc2sccc2C#N)nnc1C(C)Oc1ccc(Br)cc1. The van der Waals surface area contributed by atoms with Gasteiger partial charge in [-0.15, -0.1) is 28.1 Å². The molecule has 1 atom stereocenters. The molecule has 3 aromatic rings. The zero-order chi connectivity index (χ0) is 21.5. The molecule has 3 rings (SSSR count). The van der Waals surface area contributed by atoms with Crippen molar-refractivity contribution in [3.05, 3.63) is 64.2 Å². The number of ether oxygens (including phenoxy) is 1. The highest BCUT2D eigenvalue weighted by molar-refractivity contribution is 9.10. The van der Waals surface area contributed by atoms with Crippen LogP contribution in [0.4, 0.5) is 5.00 Å². The van der Waals surface area contributed by atoms with Gasteiger partial charge in [-0.1, -0.05) is 33.8 Å². The van der Waals surface area contributed by atoms with Gasteiger partial charge in [0, 0.05) is 11.0 Å². The predicted octanol–water partition coefficient (Wildman–Crippen LogP) is 5.03. The number of benzene rings is 1. The van der Waals surface area contributed by atoms with Crippen LogP contribution in [-0.2, 0) is 11.3 Å². The number of allylic oxidation sites excluding steroid dienone is 1. The first kappa shape index (κ1) is 22.1. The third-order valence-electron chi connectivity index (χ3n) is 3.92. The number of hydrogen-bond donors (Lipinski definition) is 1. The number of thiophene rings is 1. The Morgan fingerprint density at radius 1 is 1.43 bits per heavy atom. The molecule has 0 aliphatic rings. The van der Waals surface area contributed by atoms with Crippen LogP contribution in [0.1, 0.15) is 24.4 Å². The molecule has 0 radical (unpaired) electrons. The van der Waals surface area contributed by atoms with Crippen LogP contribution in [0, 0.1) is 11.3 Å². The zero-order valence-corrected chi connectivity index (χ0v) is 19.3. The monoisotopic (exact) mass is 503 g/mol. The Labute approximate surface area is 190 Å². The maximum absolute atomic E-state index is 12.3. The van der Waals surface area contributed by atoms with Crippen LogP contribution in [0.25, 0.3) is 0 Å². The molecule has 7 nitrogen and oxygen atoms in total. The normalized spacial score (nSPS) is 11.5. The summed E-state index contributed by atoms with van der Waals surface area (Å²) < 4.78 is 8.83. The Morgan fingerprint density at radius 3 is 2.90 bits per heavy atom. The first-order valence-electron chi connectivity index (χ1n) is 8.88. The number of nitrogens with one attached hydrogen (secondary N) is 1. The number of nitrogens with zero attached hydrogens (tertiary/aromatic N) is 4. The number of halogens is 1. The number of hydrogen-bond acceptors (Lipinski definition) is 7. The van der Waals surface area contributed by atoms with E-state index in [1.54, 1.807) is 17.5 Å². The summed E-state index contributed by atoms with van der Waals surface area (Å²) >= 11 is 5.99. The van der Waals surface area contributed by atoms with E-state index >= 15 is 0 Å². The van der Waals surface area contributed by atoms with Gasteiger partial charge < -0.3 is 10.1 Å². The molecule has 0 fully saturated rings. The standard InChI is InChI=1S/C20H18BrN5O2S2/c1-3-9-26-18(13(2)28-16-6-4-15(21)5-7-16)24-25-20(26)30-12-17(27)23-19-14(11-22)8-10-29-19/h3-8,10,13H,1,9,12H2,2H3,(H,23,27). The molecule has 10 heteroatoms. The lowest BCUT2D eigenvalue weighted by Crippen LogP contribution is -2.15. The van der Waals surface area contributed by atoms with Gasteiger partial charge in [-0.05, 0) is 42.6 Å². The topological polar surface area (TPSA) is 92.8 Å². The highest BCUT2D eigenvalue weighted by atomic mass is 79.9. The van der Waals surface area contributed by atoms with Crippen LogP contribution >= 0.6 is 39.0 Å². The van der Waals surface area contributed by atoms with E-state index < -0.39 is 0 Å².